The van der Waals surface area contributed by atoms with Gasteiger partial charge in [0.1, 0.15) is 6.04 Å². The van der Waals surface area contributed by atoms with Gasteiger partial charge in [-0.3, -0.25) is 9.59 Å². The molecular weight excluding hydrogens is 368 g/mol. The van der Waals surface area contributed by atoms with E-state index in [4.69, 9.17) is 5.11 Å². The Bertz CT molecular complexity index is 951. The molecule has 0 unspecified atom stereocenters. The summed E-state index contributed by atoms with van der Waals surface area (Å²) in [4.78, 5) is 25.4. The number of rotatable bonds is 6. The van der Waals surface area contributed by atoms with Crippen molar-refractivity contribution in [1.29, 1.82) is 0 Å². The number of sulfonamides is 1. The predicted octanol–water partition coefficient (Wildman–Crippen LogP) is 1.97. The highest BCUT2D eigenvalue weighted by Gasteiger charge is 2.31. The third-order valence-corrected chi connectivity index (χ3v) is 6.14. The van der Waals surface area contributed by atoms with Gasteiger partial charge < -0.3 is 10.0 Å². The first kappa shape index (κ1) is 19.3. The lowest BCUT2D eigenvalue weighted by Gasteiger charge is -2.30. The predicted molar refractivity (Wildman–Crippen MR) is 101 cm³/mol. The molecule has 1 saturated heterocycles. The van der Waals surface area contributed by atoms with Gasteiger partial charge in [0.15, 0.2) is 0 Å². The fourth-order valence-corrected chi connectivity index (χ4v) is 4.50. The zero-order chi connectivity index (χ0) is 19.4. The third-order valence-electron chi connectivity index (χ3n) is 4.67. The van der Waals surface area contributed by atoms with Crippen molar-refractivity contribution in [2.24, 2.45) is 0 Å². The number of carbonyl (C=O) groups excluding carboxylic acids is 1. The summed E-state index contributed by atoms with van der Waals surface area (Å²) in [6.45, 7) is 1.04. The first-order chi connectivity index (χ1) is 12.9. The van der Waals surface area contributed by atoms with Crippen LogP contribution in [0.3, 0.4) is 0 Å². The lowest BCUT2D eigenvalue weighted by atomic mass is 10.1. The van der Waals surface area contributed by atoms with Gasteiger partial charge in [0, 0.05) is 13.1 Å². The number of nitrogens with zero attached hydrogens (tertiary/aromatic N) is 1. The molecule has 0 radical (unpaired) electrons. The van der Waals surface area contributed by atoms with Crippen molar-refractivity contribution in [3.63, 3.8) is 0 Å². The molecule has 1 aliphatic heterocycles. The van der Waals surface area contributed by atoms with Crippen molar-refractivity contribution in [3.8, 4) is 0 Å². The van der Waals surface area contributed by atoms with E-state index in [-0.39, 0.29) is 4.90 Å². The average Bonchev–Trinajstić information content (AvgIpc) is 2.66. The van der Waals surface area contributed by atoms with E-state index in [9.17, 15) is 18.0 Å². The van der Waals surface area contributed by atoms with Crippen molar-refractivity contribution in [2.45, 2.75) is 36.6 Å². The number of likely N-dealkylation sites (tertiary alicyclic amines) is 1. The molecule has 0 bridgehead atoms. The number of piperidine rings is 1. The molecule has 7 nitrogen and oxygen atoms in total. The van der Waals surface area contributed by atoms with Crippen LogP contribution in [-0.2, 0) is 19.6 Å². The Morgan fingerprint density at radius 2 is 1.70 bits per heavy atom. The fourth-order valence-electron chi connectivity index (χ4n) is 3.28. The van der Waals surface area contributed by atoms with Gasteiger partial charge in [0.2, 0.25) is 15.9 Å². The molecule has 2 N–H and O–H groups in total. The first-order valence-corrected chi connectivity index (χ1v) is 10.4. The SMILES string of the molecule is O=C(O)C[C@H](NS(=O)(=O)c1ccc2ccccc2c1)C(=O)N1CCCCC1. The molecule has 0 aromatic heterocycles. The Hall–Kier alpha value is -2.45. The molecule has 1 atom stereocenters. The number of hydrogen-bond acceptors (Lipinski definition) is 4. The fraction of sp³-hybridized carbons (Fsp3) is 0.368. The van der Waals surface area contributed by atoms with Crippen LogP contribution in [0.25, 0.3) is 10.8 Å². The van der Waals surface area contributed by atoms with Gasteiger partial charge >= 0.3 is 5.97 Å². The Morgan fingerprint density at radius 1 is 1.04 bits per heavy atom. The first-order valence-electron chi connectivity index (χ1n) is 8.88. The molecule has 1 amide bonds. The van der Waals surface area contributed by atoms with E-state index in [2.05, 4.69) is 4.72 Å². The number of carbonyl (C=O) groups is 2. The molecule has 1 aliphatic rings. The minimum Gasteiger partial charge on any atom is -0.481 e. The van der Waals surface area contributed by atoms with Gasteiger partial charge in [0.05, 0.1) is 11.3 Å². The van der Waals surface area contributed by atoms with Gasteiger partial charge in [-0.1, -0.05) is 30.3 Å². The standard InChI is InChI=1S/C19H22N2O5S/c22-18(23)13-17(19(24)21-10-4-1-5-11-21)20-27(25,26)16-9-8-14-6-2-3-7-15(14)12-16/h2-3,6-9,12,17,20H,1,4-5,10-11,13H2,(H,22,23)/t17-/m0/s1. The monoisotopic (exact) mass is 390 g/mol. The molecule has 2 aromatic rings. The van der Waals surface area contributed by atoms with Gasteiger partial charge in [0.25, 0.3) is 0 Å². The molecule has 2 aromatic carbocycles. The lowest BCUT2D eigenvalue weighted by Crippen LogP contribution is -2.50. The number of hydrogen-bond donors (Lipinski definition) is 2. The van der Waals surface area contributed by atoms with Crippen LogP contribution >= 0.6 is 0 Å². The molecule has 0 spiro atoms. The van der Waals surface area contributed by atoms with Gasteiger partial charge in [-0.25, -0.2) is 8.42 Å². The highest BCUT2D eigenvalue weighted by molar-refractivity contribution is 7.89. The summed E-state index contributed by atoms with van der Waals surface area (Å²) in [6.07, 6.45) is 2.09. The quantitative estimate of drug-likeness (QED) is 0.785. The Labute approximate surface area is 158 Å². The number of amides is 1. The van der Waals surface area contributed by atoms with Crippen molar-refractivity contribution in [1.82, 2.24) is 9.62 Å². The van der Waals surface area contributed by atoms with Crippen molar-refractivity contribution < 1.29 is 23.1 Å². The largest absolute Gasteiger partial charge is 0.481 e. The Kier molecular flexibility index (Phi) is 5.76. The molecular formula is C19H22N2O5S. The molecule has 0 saturated carbocycles. The Balaban J connectivity index is 1.85. The summed E-state index contributed by atoms with van der Waals surface area (Å²) < 4.78 is 27.9. The molecule has 8 heteroatoms. The van der Waals surface area contributed by atoms with Crippen LogP contribution in [0.15, 0.2) is 47.4 Å². The minimum atomic E-state index is -4.04. The maximum absolute atomic E-state index is 12.8. The van der Waals surface area contributed by atoms with Crippen LogP contribution in [0.2, 0.25) is 0 Å². The van der Waals surface area contributed by atoms with E-state index in [1.54, 1.807) is 23.1 Å². The second kappa shape index (κ2) is 8.06. The second-order valence-electron chi connectivity index (χ2n) is 6.67. The van der Waals surface area contributed by atoms with E-state index in [1.807, 2.05) is 12.1 Å². The van der Waals surface area contributed by atoms with E-state index in [0.29, 0.717) is 13.1 Å². The Morgan fingerprint density at radius 3 is 2.37 bits per heavy atom. The van der Waals surface area contributed by atoms with Crippen LogP contribution in [0.1, 0.15) is 25.7 Å². The zero-order valence-corrected chi connectivity index (χ0v) is 15.6. The van der Waals surface area contributed by atoms with Crippen LogP contribution in [0.5, 0.6) is 0 Å². The summed E-state index contributed by atoms with van der Waals surface area (Å²) >= 11 is 0. The van der Waals surface area contributed by atoms with Crippen LogP contribution < -0.4 is 4.72 Å². The van der Waals surface area contributed by atoms with Crippen molar-refractivity contribution in [2.75, 3.05) is 13.1 Å². The van der Waals surface area contributed by atoms with Crippen LogP contribution in [0.4, 0.5) is 0 Å². The number of aliphatic carboxylic acids is 1. The molecule has 1 heterocycles. The minimum absolute atomic E-state index is 0.00281. The zero-order valence-electron chi connectivity index (χ0n) is 14.8. The van der Waals surface area contributed by atoms with Crippen LogP contribution in [-0.4, -0.2) is 49.4 Å². The topological polar surface area (TPSA) is 104 Å². The van der Waals surface area contributed by atoms with Crippen molar-refractivity contribution in [3.05, 3.63) is 42.5 Å². The molecule has 1 fully saturated rings. The highest BCUT2D eigenvalue weighted by Crippen LogP contribution is 2.20. The highest BCUT2D eigenvalue weighted by atomic mass is 32.2. The molecule has 144 valence electrons. The van der Waals surface area contributed by atoms with E-state index in [1.165, 1.54) is 12.1 Å². The molecule has 0 aliphatic carbocycles. The smallest absolute Gasteiger partial charge is 0.305 e. The second-order valence-corrected chi connectivity index (χ2v) is 8.38. The number of carboxylic acids is 1. The van der Waals surface area contributed by atoms with E-state index < -0.39 is 34.4 Å². The maximum Gasteiger partial charge on any atom is 0.305 e. The van der Waals surface area contributed by atoms with E-state index >= 15 is 0 Å². The summed E-state index contributed by atoms with van der Waals surface area (Å²) in [5.41, 5.74) is 0. The van der Waals surface area contributed by atoms with Crippen LogP contribution in [0, 0.1) is 0 Å². The summed E-state index contributed by atoms with van der Waals surface area (Å²) in [5, 5.41) is 10.8. The number of benzene rings is 2. The molecule has 3 rings (SSSR count). The third kappa shape index (κ3) is 4.64. The summed E-state index contributed by atoms with van der Waals surface area (Å²) in [5.74, 6) is -1.71. The number of nitrogens with one attached hydrogen (secondary N) is 1. The maximum atomic E-state index is 12.8. The average molecular weight is 390 g/mol. The summed E-state index contributed by atoms with van der Waals surface area (Å²) in [6, 6.07) is 10.6. The number of fused-ring (bicyclic) bond motifs is 1. The summed E-state index contributed by atoms with van der Waals surface area (Å²) in [7, 11) is -4.04. The molecule has 27 heavy (non-hydrogen) atoms. The lowest BCUT2D eigenvalue weighted by molar-refractivity contribution is -0.142. The normalized spacial score (nSPS) is 16.2. The van der Waals surface area contributed by atoms with Gasteiger partial charge in [-0.05, 0) is 42.2 Å². The van der Waals surface area contributed by atoms with E-state index in [0.717, 1.165) is 30.0 Å². The number of carboxylic acid groups (broad SMARTS) is 1. The van der Waals surface area contributed by atoms with Crippen molar-refractivity contribution >= 4 is 32.7 Å². The van der Waals surface area contributed by atoms with Gasteiger partial charge in [-0.2, -0.15) is 4.72 Å². The van der Waals surface area contributed by atoms with Gasteiger partial charge in [-0.15, -0.1) is 0 Å².